The van der Waals surface area contributed by atoms with Gasteiger partial charge in [0.1, 0.15) is 0 Å². The van der Waals surface area contributed by atoms with Crippen LogP contribution in [0.25, 0.3) is 0 Å². The van der Waals surface area contributed by atoms with E-state index in [-0.39, 0.29) is 6.61 Å². The van der Waals surface area contributed by atoms with Gasteiger partial charge in [0.2, 0.25) is 0 Å². The molecule has 0 aromatic heterocycles. The molecule has 0 aliphatic heterocycles. The highest BCUT2D eigenvalue weighted by molar-refractivity contribution is 5.21. The molecule has 0 aliphatic carbocycles. The van der Waals surface area contributed by atoms with Crippen molar-refractivity contribution in [2.24, 2.45) is 0 Å². The van der Waals surface area contributed by atoms with E-state index >= 15 is 0 Å². The van der Waals surface area contributed by atoms with E-state index in [4.69, 9.17) is 5.11 Å². The van der Waals surface area contributed by atoms with Gasteiger partial charge < -0.3 is 10.4 Å². The third kappa shape index (κ3) is 5.29. The molecule has 0 saturated carbocycles. The van der Waals surface area contributed by atoms with Crippen LogP contribution >= 0.6 is 0 Å². The van der Waals surface area contributed by atoms with Gasteiger partial charge in [-0.2, -0.15) is 0 Å². The van der Waals surface area contributed by atoms with Gasteiger partial charge in [0.05, 0.1) is 6.61 Å². The molecular formula is C14H23NO. The van der Waals surface area contributed by atoms with Gasteiger partial charge in [0, 0.05) is 6.54 Å². The van der Waals surface area contributed by atoms with E-state index in [1.807, 2.05) is 12.1 Å². The van der Waals surface area contributed by atoms with Gasteiger partial charge >= 0.3 is 0 Å². The Kier molecular flexibility index (Phi) is 6.86. The minimum atomic E-state index is 0.130. The zero-order chi connectivity index (χ0) is 11.6. The van der Waals surface area contributed by atoms with E-state index in [0.29, 0.717) is 0 Å². The Hall–Kier alpha value is -0.860. The number of aliphatic hydroxyl groups is 1. The first kappa shape index (κ1) is 13.2. The summed E-state index contributed by atoms with van der Waals surface area (Å²) in [6.07, 6.45) is 5.23. The lowest BCUT2D eigenvalue weighted by atomic mass is 10.1. The van der Waals surface area contributed by atoms with Gasteiger partial charge in [-0.15, -0.1) is 0 Å². The predicted molar refractivity (Wildman–Crippen MR) is 68.2 cm³/mol. The number of unbranched alkanes of at least 4 members (excludes halogenated alkanes) is 3. The maximum atomic E-state index is 8.91. The highest BCUT2D eigenvalue weighted by Gasteiger charge is 1.93. The summed E-state index contributed by atoms with van der Waals surface area (Å²) in [7, 11) is 0. The first-order chi connectivity index (χ1) is 7.86. The number of hydrogen-bond acceptors (Lipinski definition) is 2. The molecule has 2 nitrogen and oxygen atoms in total. The molecule has 2 N–H and O–H groups in total. The van der Waals surface area contributed by atoms with Gasteiger partial charge in [0.15, 0.2) is 0 Å². The van der Waals surface area contributed by atoms with Crippen molar-refractivity contribution >= 4 is 0 Å². The average Bonchev–Trinajstić information content (AvgIpc) is 2.34. The summed E-state index contributed by atoms with van der Waals surface area (Å²) >= 11 is 0. The van der Waals surface area contributed by atoms with Crippen molar-refractivity contribution in [2.45, 2.75) is 45.8 Å². The molecular weight excluding hydrogens is 198 g/mol. The molecule has 0 radical (unpaired) electrons. The quantitative estimate of drug-likeness (QED) is 0.662. The van der Waals surface area contributed by atoms with Crippen LogP contribution in [0.2, 0.25) is 0 Å². The van der Waals surface area contributed by atoms with E-state index in [0.717, 1.165) is 18.7 Å². The standard InChI is InChI=1S/C14H23NO/c1-2-3-4-5-10-15-11-13-6-8-14(12-16)9-7-13/h6-9,15-16H,2-5,10-12H2,1H3. The van der Waals surface area contributed by atoms with Crippen LogP contribution in [0.3, 0.4) is 0 Å². The fraction of sp³-hybridized carbons (Fsp3) is 0.571. The lowest BCUT2D eigenvalue weighted by Crippen LogP contribution is -2.14. The molecule has 1 aromatic rings. The normalized spacial score (nSPS) is 10.6. The largest absolute Gasteiger partial charge is 0.392 e. The number of nitrogens with one attached hydrogen (secondary N) is 1. The van der Waals surface area contributed by atoms with Crippen LogP contribution in [0, 0.1) is 0 Å². The molecule has 16 heavy (non-hydrogen) atoms. The molecule has 0 aliphatic rings. The Bertz CT molecular complexity index is 269. The van der Waals surface area contributed by atoms with Crippen molar-refractivity contribution < 1.29 is 5.11 Å². The lowest BCUT2D eigenvalue weighted by molar-refractivity contribution is 0.282. The monoisotopic (exact) mass is 221 g/mol. The zero-order valence-electron chi connectivity index (χ0n) is 10.2. The minimum absolute atomic E-state index is 0.130. The molecule has 1 aromatic carbocycles. The summed E-state index contributed by atoms with van der Waals surface area (Å²) in [5.41, 5.74) is 2.26. The van der Waals surface area contributed by atoms with Crippen LogP contribution in [0.15, 0.2) is 24.3 Å². The molecule has 0 amide bonds. The molecule has 0 atom stereocenters. The number of hydrogen-bond donors (Lipinski definition) is 2. The fourth-order valence-corrected chi connectivity index (χ4v) is 1.67. The van der Waals surface area contributed by atoms with Crippen LogP contribution < -0.4 is 5.32 Å². The van der Waals surface area contributed by atoms with Crippen molar-refractivity contribution in [3.05, 3.63) is 35.4 Å². The summed E-state index contributed by atoms with van der Waals surface area (Å²) in [5.74, 6) is 0. The van der Waals surface area contributed by atoms with Gasteiger partial charge in [-0.05, 0) is 24.1 Å². The maximum Gasteiger partial charge on any atom is 0.0681 e. The second-order valence-corrected chi connectivity index (χ2v) is 4.21. The third-order valence-corrected chi connectivity index (χ3v) is 2.74. The lowest BCUT2D eigenvalue weighted by Gasteiger charge is -2.05. The predicted octanol–water partition coefficient (Wildman–Crippen LogP) is 2.85. The van der Waals surface area contributed by atoms with Gasteiger partial charge in [0.25, 0.3) is 0 Å². The Morgan fingerprint density at radius 1 is 1.00 bits per heavy atom. The van der Waals surface area contributed by atoms with Crippen LogP contribution in [0.5, 0.6) is 0 Å². The molecule has 0 bridgehead atoms. The summed E-state index contributed by atoms with van der Waals surface area (Å²) in [4.78, 5) is 0. The van der Waals surface area contributed by atoms with E-state index in [9.17, 15) is 0 Å². The number of benzene rings is 1. The summed E-state index contributed by atoms with van der Waals surface area (Å²) in [6.45, 7) is 4.39. The van der Waals surface area contributed by atoms with Crippen molar-refractivity contribution in [3.63, 3.8) is 0 Å². The maximum absolute atomic E-state index is 8.91. The van der Waals surface area contributed by atoms with Gasteiger partial charge in [-0.1, -0.05) is 50.5 Å². The van der Waals surface area contributed by atoms with Crippen LogP contribution in [-0.4, -0.2) is 11.7 Å². The molecule has 0 saturated heterocycles. The molecule has 90 valence electrons. The van der Waals surface area contributed by atoms with Crippen LogP contribution in [-0.2, 0) is 13.2 Å². The van der Waals surface area contributed by atoms with Crippen LogP contribution in [0.1, 0.15) is 43.7 Å². The second-order valence-electron chi connectivity index (χ2n) is 4.21. The average molecular weight is 221 g/mol. The highest BCUT2D eigenvalue weighted by Crippen LogP contribution is 2.04. The number of aliphatic hydroxyl groups excluding tert-OH is 1. The smallest absolute Gasteiger partial charge is 0.0681 e. The highest BCUT2D eigenvalue weighted by atomic mass is 16.3. The zero-order valence-corrected chi connectivity index (χ0v) is 10.2. The first-order valence-corrected chi connectivity index (χ1v) is 6.26. The number of rotatable bonds is 8. The van der Waals surface area contributed by atoms with Crippen molar-refractivity contribution in [2.75, 3.05) is 6.54 Å². The Balaban J connectivity index is 2.12. The Morgan fingerprint density at radius 3 is 2.31 bits per heavy atom. The summed E-state index contributed by atoms with van der Waals surface area (Å²) < 4.78 is 0. The van der Waals surface area contributed by atoms with Crippen molar-refractivity contribution in [1.82, 2.24) is 5.32 Å². The van der Waals surface area contributed by atoms with Crippen molar-refractivity contribution in [1.29, 1.82) is 0 Å². The van der Waals surface area contributed by atoms with E-state index in [1.54, 1.807) is 0 Å². The molecule has 1 rings (SSSR count). The van der Waals surface area contributed by atoms with Crippen molar-refractivity contribution in [3.8, 4) is 0 Å². The third-order valence-electron chi connectivity index (χ3n) is 2.74. The molecule has 0 fully saturated rings. The van der Waals surface area contributed by atoms with Gasteiger partial charge in [-0.3, -0.25) is 0 Å². The molecule has 0 unspecified atom stereocenters. The Labute approximate surface area is 98.7 Å². The first-order valence-electron chi connectivity index (χ1n) is 6.26. The Morgan fingerprint density at radius 2 is 1.69 bits per heavy atom. The minimum Gasteiger partial charge on any atom is -0.392 e. The summed E-state index contributed by atoms with van der Waals surface area (Å²) in [6, 6.07) is 8.11. The van der Waals surface area contributed by atoms with E-state index in [2.05, 4.69) is 24.4 Å². The second kappa shape index (κ2) is 8.31. The topological polar surface area (TPSA) is 32.3 Å². The molecule has 0 heterocycles. The fourth-order valence-electron chi connectivity index (χ4n) is 1.67. The SMILES string of the molecule is CCCCCCNCc1ccc(CO)cc1. The van der Waals surface area contributed by atoms with Gasteiger partial charge in [-0.25, -0.2) is 0 Å². The van der Waals surface area contributed by atoms with E-state index < -0.39 is 0 Å². The molecule has 2 heteroatoms. The molecule has 0 spiro atoms. The summed E-state index contributed by atoms with van der Waals surface area (Å²) in [5, 5.41) is 12.3. The van der Waals surface area contributed by atoms with Crippen LogP contribution in [0.4, 0.5) is 0 Å². The van der Waals surface area contributed by atoms with E-state index in [1.165, 1.54) is 31.2 Å².